The molecule has 1 aromatic carbocycles. The van der Waals surface area contributed by atoms with E-state index in [4.69, 9.17) is 0 Å². The van der Waals surface area contributed by atoms with Gasteiger partial charge in [-0.2, -0.15) is 0 Å². The summed E-state index contributed by atoms with van der Waals surface area (Å²) in [6.07, 6.45) is 1.55. The molecule has 0 aromatic heterocycles. The number of hydrogen-bond donors (Lipinski definition) is 3. The van der Waals surface area contributed by atoms with E-state index < -0.39 is 6.04 Å². The molecule has 1 saturated heterocycles. The van der Waals surface area contributed by atoms with Gasteiger partial charge in [-0.15, -0.1) is 0 Å². The molecule has 138 valence electrons. The Labute approximate surface area is 151 Å². The summed E-state index contributed by atoms with van der Waals surface area (Å²) in [5.41, 5.74) is 2.93. The Hall–Kier alpha value is -2.04. The summed E-state index contributed by atoms with van der Waals surface area (Å²) in [7, 11) is 0. The van der Waals surface area contributed by atoms with Gasteiger partial charge in [-0.25, -0.2) is 4.79 Å². The van der Waals surface area contributed by atoms with Gasteiger partial charge in [-0.3, -0.25) is 4.79 Å². The van der Waals surface area contributed by atoms with Gasteiger partial charge in [0.25, 0.3) is 0 Å². The van der Waals surface area contributed by atoms with Gasteiger partial charge in [0.1, 0.15) is 6.04 Å². The maximum atomic E-state index is 12.5. The zero-order valence-corrected chi connectivity index (χ0v) is 16.2. The average molecular weight is 345 g/mol. The Morgan fingerprint density at radius 1 is 1.12 bits per heavy atom. The number of nitrogens with one attached hydrogen (secondary N) is 3. The van der Waals surface area contributed by atoms with Crippen LogP contribution in [0.15, 0.2) is 18.2 Å². The number of anilines is 1. The Kier molecular flexibility index (Phi) is 5.45. The number of piperidine rings is 1. The quantitative estimate of drug-likeness (QED) is 0.765. The van der Waals surface area contributed by atoms with Crippen molar-refractivity contribution in [3.63, 3.8) is 0 Å². The number of carbonyl (C=O) groups excluding carboxylic acids is 2. The predicted octanol–water partition coefficient (Wildman–Crippen LogP) is 3.68. The molecule has 0 radical (unpaired) electrons. The molecule has 1 heterocycles. The Balaban J connectivity index is 2.23. The molecule has 2 rings (SSSR count). The molecule has 5 nitrogen and oxygen atoms in total. The fraction of sp³-hybridized carbons (Fsp3) is 0.600. The summed E-state index contributed by atoms with van der Waals surface area (Å²) in [4.78, 5) is 24.3. The van der Waals surface area contributed by atoms with Gasteiger partial charge in [0, 0.05) is 12.2 Å². The zero-order chi connectivity index (χ0) is 18.8. The minimum atomic E-state index is -0.461. The van der Waals surface area contributed by atoms with E-state index in [1.165, 1.54) is 0 Å². The number of amides is 3. The Morgan fingerprint density at radius 3 is 2.36 bits per heavy atom. The first-order valence-electron chi connectivity index (χ1n) is 8.99. The van der Waals surface area contributed by atoms with Crippen LogP contribution < -0.4 is 16.0 Å². The maximum absolute atomic E-state index is 12.5. The first-order valence-corrected chi connectivity index (χ1v) is 8.99. The Bertz CT molecular complexity index is 654. The van der Waals surface area contributed by atoms with Crippen LogP contribution in [0.5, 0.6) is 0 Å². The van der Waals surface area contributed by atoms with Crippen LogP contribution >= 0.6 is 0 Å². The normalized spacial score (nSPS) is 18.5. The molecule has 0 aliphatic carbocycles. The zero-order valence-electron chi connectivity index (χ0n) is 16.2. The molecule has 1 aliphatic rings. The first kappa shape index (κ1) is 19.3. The van der Waals surface area contributed by atoms with Crippen LogP contribution in [0.2, 0.25) is 0 Å². The van der Waals surface area contributed by atoms with Crippen LogP contribution in [0.4, 0.5) is 10.5 Å². The van der Waals surface area contributed by atoms with Crippen LogP contribution in [0.3, 0.4) is 0 Å². The van der Waals surface area contributed by atoms with Crippen molar-refractivity contribution >= 4 is 17.6 Å². The third-order valence-electron chi connectivity index (χ3n) is 4.53. The van der Waals surface area contributed by atoms with E-state index in [2.05, 4.69) is 69.6 Å². The number of benzene rings is 1. The second kappa shape index (κ2) is 7.06. The minimum Gasteiger partial charge on any atom is -0.354 e. The van der Waals surface area contributed by atoms with Crippen molar-refractivity contribution in [1.82, 2.24) is 10.6 Å². The lowest BCUT2D eigenvalue weighted by molar-refractivity contribution is -0.124. The fourth-order valence-corrected chi connectivity index (χ4v) is 2.99. The molecular weight excluding hydrogens is 314 g/mol. The van der Waals surface area contributed by atoms with Gasteiger partial charge in [-0.1, -0.05) is 53.7 Å². The lowest BCUT2D eigenvalue weighted by Gasteiger charge is -2.28. The summed E-state index contributed by atoms with van der Waals surface area (Å²) < 4.78 is 0. The van der Waals surface area contributed by atoms with E-state index >= 15 is 0 Å². The highest BCUT2D eigenvalue weighted by molar-refractivity contribution is 5.94. The summed E-state index contributed by atoms with van der Waals surface area (Å²) in [6.45, 7) is 13.5. The molecule has 1 aromatic rings. The number of carbonyl (C=O) groups is 2. The summed E-state index contributed by atoms with van der Waals surface area (Å²) in [6, 6.07) is 5.46. The van der Waals surface area contributed by atoms with Crippen LogP contribution in [-0.2, 0) is 15.6 Å². The topological polar surface area (TPSA) is 70.2 Å². The molecule has 5 heteroatoms. The summed E-state index contributed by atoms with van der Waals surface area (Å²) in [5, 5.41) is 8.54. The van der Waals surface area contributed by atoms with Crippen molar-refractivity contribution in [3.05, 3.63) is 29.3 Å². The fourth-order valence-electron chi connectivity index (χ4n) is 2.99. The number of rotatable bonds is 2. The van der Waals surface area contributed by atoms with Crippen molar-refractivity contribution < 1.29 is 9.59 Å². The maximum Gasteiger partial charge on any atom is 0.319 e. The van der Waals surface area contributed by atoms with E-state index in [9.17, 15) is 9.59 Å². The SMILES string of the molecule is CC(C)(C)c1ccc(C(C)(C)C)c(NC(=O)NC2CCCNC2=O)c1. The highest BCUT2D eigenvalue weighted by Gasteiger charge is 2.26. The molecule has 1 unspecified atom stereocenters. The molecule has 0 spiro atoms. The van der Waals surface area contributed by atoms with E-state index in [0.29, 0.717) is 13.0 Å². The monoisotopic (exact) mass is 345 g/mol. The molecular formula is C20H31N3O2. The van der Waals surface area contributed by atoms with Crippen molar-refractivity contribution in [3.8, 4) is 0 Å². The standard InChI is InChI=1S/C20H31N3O2/c1-19(2,3)13-9-10-14(20(4,5)6)16(12-13)23-18(25)22-15-8-7-11-21-17(15)24/h9-10,12,15H,7-8,11H2,1-6H3,(H,21,24)(H2,22,23,25). The molecule has 25 heavy (non-hydrogen) atoms. The smallest absolute Gasteiger partial charge is 0.319 e. The highest BCUT2D eigenvalue weighted by atomic mass is 16.2. The van der Waals surface area contributed by atoms with Gasteiger partial charge in [0.15, 0.2) is 0 Å². The lowest BCUT2D eigenvalue weighted by atomic mass is 9.81. The van der Waals surface area contributed by atoms with Crippen LogP contribution in [0, 0.1) is 0 Å². The summed E-state index contributed by atoms with van der Waals surface area (Å²) >= 11 is 0. The van der Waals surface area contributed by atoms with Crippen LogP contribution in [-0.4, -0.2) is 24.5 Å². The second-order valence-electron chi connectivity index (χ2n) is 8.84. The molecule has 1 atom stereocenters. The highest BCUT2D eigenvalue weighted by Crippen LogP contribution is 2.33. The lowest BCUT2D eigenvalue weighted by Crippen LogP contribution is -2.51. The van der Waals surface area contributed by atoms with E-state index in [1.54, 1.807) is 0 Å². The third kappa shape index (κ3) is 4.97. The third-order valence-corrected chi connectivity index (χ3v) is 4.53. The molecule has 1 fully saturated rings. The van der Waals surface area contributed by atoms with Crippen LogP contribution in [0.1, 0.15) is 65.5 Å². The largest absolute Gasteiger partial charge is 0.354 e. The number of urea groups is 1. The minimum absolute atomic E-state index is 0.00736. The number of hydrogen-bond acceptors (Lipinski definition) is 2. The van der Waals surface area contributed by atoms with Gasteiger partial charge in [-0.05, 0) is 40.9 Å². The first-order chi connectivity index (χ1) is 11.5. The van der Waals surface area contributed by atoms with Gasteiger partial charge in [0.2, 0.25) is 5.91 Å². The van der Waals surface area contributed by atoms with Crippen molar-refractivity contribution in [2.75, 3.05) is 11.9 Å². The van der Waals surface area contributed by atoms with E-state index in [0.717, 1.165) is 23.2 Å². The van der Waals surface area contributed by atoms with E-state index in [-0.39, 0.29) is 22.8 Å². The predicted molar refractivity (Wildman–Crippen MR) is 102 cm³/mol. The van der Waals surface area contributed by atoms with Gasteiger partial charge >= 0.3 is 6.03 Å². The van der Waals surface area contributed by atoms with Gasteiger partial charge in [0.05, 0.1) is 0 Å². The molecule has 3 N–H and O–H groups in total. The second-order valence-corrected chi connectivity index (χ2v) is 8.84. The van der Waals surface area contributed by atoms with Crippen molar-refractivity contribution in [2.45, 2.75) is 71.3 Å². The van der Waals surface area contributed by atoms with Crippen LogP contribution in [0.25, 0.3) is 0 Å². The molecule has 1 aliphatic heterocycles. The van der Waals surface area contributed by atoms with Crippen molar-refractivity contribution in [1.29, 1.82) is 0 Å². The Morgan fingerprint density at radius 2 is 1.80 bits per heavy atom. The average Bonchev–Trinajstić information content (AvgIpc) is 2.47. The molecule has 0 bridgehead atoms. The van der Waals surface area contributed by atoms with E-state index in [1.807, 2.05) is 6.07 Å². The molecule has 3 amide bonds. The van der Waals surface area contributed by atoms with Gasteiger partial charge < -0.3 is 16.0 Å². The van der Waals surface area contributed by atoms with Crippen molar-refractivity contribution in [2.24, 2.45) is 0 Å². The molecule has 0 saturated carbocycles. The summed E-state index contributed by atoms with van der Waals surface area (Å²) in [5.74, 6) is -0.110.